The smallest absolute Gasteiger partial charge is 0.359 e. The van der Waals surface area contributed by atoms with Crippen LogP contribution in [0, 0.1) is 5.82 Å². The van der Waals surface area contributed by atoms with Gasteiger partial charge in [-0.3, -0.25) is 9.59 Å². The predicted molar refractivity (Wildman–Crippen MR) is 140 cm³/mol. The lowest BCUT2D eigenvalue weighted by Gasteiger charge is -2.28. The Labute approximate surface area is 229 Å². The fraction of sp³-hybridized carbons (Fsp3) is 0.481. The molecule has 1 atom stereocenters. The topological polar surface area (TPSA) is 104 Å². The summed E-state index contributed by atoms with van der Waals surface area (Å²) in [5.74, 6) is -3.28. The molecular formula is C27H32BrFN2O7. The predicted octanol–water partition coefficient (Wildman–Crippen LogP) is 4.58. The highest BCUT2D eigenvalue weighted by atomic mass is 79.9. The van der Waals surface area contributed by atoms with Crippen LogP contribution in [-0.4, -0.2) is 60.6 Å². The van der Waals surface area contributed by atoms with E-state index in [0.29, 0.717) is 16.5 Å². The van der Waals surface area contributed by atoms with E-state index in [-0.39, 0.29) is 37.0 Å². The van der Waals surface area contributed by atoms with Crippen LogP contribution < -0.4 is 4.90 Å². The van der Waals surface area contributed by atoms with Gasteiger partial charge in [0.25, 0.3) is 0 Å². The van der Waals surface area contributed by atoms with Gasteiger partial charge in [0.15, 0.2) is 11.5 Å². The number of nitrogens with zero attached hydrogens (tertiary/aromatic N) is 2. The first-order chi connectivity index (χ1) is 17.9. The third kappa shape index (κ3) is 7.81. The summed E-state index contributed by atoms with van der Waals surface area (Å²) in [6, 6.07) is 5.97. The molecule has 206 valence electrons. The number of pyridine rings is 1. The molecule has 1 saturated heterocycles. The molecule has 0 bridgehead atoms. The first-order valence-corrected chi connectivity index (χ1v) is 13.1. The second kappa shape index (κ2) is 12.8. The number of amides is 1. The van der Waals surface area contributed by atoms with Crippen LogP contribution in [0.3, 0.4) is 0 Å². The van der Waals surface area contributed by atoms with Crippen LogP contribution >= 0.6 is 15.9 Å². The number of hydrogen-bond acceptors (Lipinski definition) is 8. The molecule has 2 aromatic rings. The number of benzene rings is 1. The number of halogens is 2. The minimum Gasteiger partial charge on any atom is -0.466 e. The monoisotopic (exact) mass is 594 g/mol. The maximum Gasteiger partial charge on any atom is 0.359 e. The van der Waals surface area contributed by atoms with Crippen molar-refractivity contribution in [1.82, 2.24) is 4.98 Å². The molecule has 2 heterocycles. The minimum atomic E-state index is -0.861. The summed E-state index contributed by atoms with van der Waals surface area (Å²) in [5, 5.41) is 0. The van der Waals surface area contributed by atoms with E-state index in [1.807, 2.05) is 0 Å². The van der Waals surface area contributed by atoms with Crippen molar-refractivity contribution in [2.24, 2.45) is 0 Å². The molecule has 1 aliphatic heterocycles. The van der Waals surface area contributed by atoms with Gasteiger partial charge in [0.1, 0.15) is 18.3 Å². The van der Waals surface area contributed by atoms with Crippen molar-refractivity contribution in [2.75, 3.05) is 24.7 Å². The van der Waals surface area contributed by atoms with Crippen molar-refractivity contribution in [1.29, 1.82) is 0 Å². The Hall–Kier alpha value is -2.89. The van der Waals surface area contributed by atoms with Crippen LogP contribution in [0.15, 0.2) is 34.9 Å². The highest BCUT2D eigenvalue weighted by molar-refractivity contribution is 9.10. The standard InChI is InChI=1S/C27H32BrFN2O7/c1-6-35-22(33)12-21(32)31(14-20-15-36-27(4,5)38-20)25-23(28)18(11-17-7-9-19(29)10-8-17)13-30-24(25)26(34)37-16(2)3/h7-10,13,16,20H,6,11-12,14-15H2,1-5H3/t20-/m0/s1. The van der Waals surface area contributed by atoms with E-state index in [1.54, 1.807) is 46.8 Å². The van der Waals surface area contributed by atoms with Gasteiger partial charge in [-0.15, -0.1) is 0 Å². The highest BCUT2D eigenvalue weighted by Gasteiger charge is 2.37. The number of aromatic nitrogens is 1. The molecule has 1 amide bonds. The van der Waals surface area contributed by atoms with Crippen LogP contribution in [0.25, 0.3) is 0 Å². The molecule has 0 radical (unpaired) electrons. The SMILES string of the molecule is CCOC(=O)CC(=O)N(C[C@H]1COC(C)(C)O1)c1c(C(=O)OC(C)C)ncc(Cc2ccc(F)cc2)c1Br. The van der Waals surface area contributed by atoms with Gasteiger partial charge in [0.2, 0.25) is 5.91 Å². The summed E-state index contributed by atoms with van der Waals surface area (Å²) >= 11 is 3.57. The van der Waals surface area contributed by atoms with E-state index in [1.165, 1.54) is 23.2 Å². The summed E-state index contributed by atoms with van der Waals surface area (Å²) in [4.78, 5) is 44.5. The van der Waals surface area contributed by atoms with Gasteiger partial charge in [0.05, 0.1) is 31.5 Å². The molecule has 0 saturated carbocycles. The number of anilines is 1. The second-order valence-electron chi connectivity index (χ2n) is 9.49. The van der Waals surface area contributed by atoms with Crippen LogP contribution in [0.2, 0.25) is 0 Å². The molecule has 1 aliphatic rings. The Balaban J connectivity index is 2.10. The van der Waals surface area contributed by atoms with Crippen molar-refractivity contribution in [3.63, 3.8) is 0 Å². The van der Waals surface area contributed by atoms with Gasteiger partial charge >= 0.3 is 11.9 Å². The van der Waals surface area contributed by atoms with Crippen molar-refractivity contribution < 1.29 is 37.7 Å². The second-order valence-corrected chi connectivity index (χ2v) is 10.3. The third-order valence-electron chi connectivity index (χ3n) is 5.53. The minimum absolute atomic E-state index is 0.0239. The molecular weight excluding hydrogens is 563 g/mol. The van der Waals surface area contributed by atoms with Crippen LogP contribution in [-0.2, 0) is 35.0 Å². The zero-order chi connectivity index (χ0) is 28.0. The van der Waals surface area contributed by atoms with E-state index in [2.05, 4.69) is 20.9 Å². The highest BCUT2D eigenvalue weighted by Crippen LogP contribution is 2.36. The Kier molecular flexibility index (Phi) is 9.97. The first kappa shape index (κ1) is 29.7. The van der Waals surface area contributed by atoms with E-state index in [9.17, 15) is 18.8 Å². The van der Waals surface area contributed by atoms with Crippen molar-refractivity contribution in [3.8, 4) is 0 Å². The van der Waals surface area contributed by atoms with E-state index < -0.39 is 42.3 Å². The number of carbonyl (C=O) groups excluding carboxylic acids is 3. The first-order valence-electron chi connectivity index (χ1n) is 12.3. The lowest BCUT2D eigenvalue weighted by Crippen LogP contribution is -2.41. The van der Waals surface area contributed by atoms with Crippen LogP contribution in [0.5, 0.6) is 0 Å². The van der Waals surface area contributed by atoms with Gasteiger partial charge in [-0.1, -0.05) is 12.1 Å². The quantitative estimate of drug-likeness (QED) is 0.291. The lowest BCUT2D eigenvalue weighted by molar-refractivity contribution is -0.146. The molecule has 1 fully saturated rings. The number of rotatable bonds is 10. The molecule has 11 heteroatoms. The summed E-state index contributed by atoms with van der Waals surface area (Å²) in [7, 11) is 0. The average molecular weight is 595 g/mol. The van der Waals surface area contributed by atoms with E-state index in [4.69, 9.17) is 18.9 Å². The maximum atomic E-state index is 13.5. The third-order valence-corrected chi connectivity index (χ3v) is 6.42. The Morgan fingerprint density at radius 1 is 1.24 bits per heavy atom. The van der Waals surface area contributed by atoms with Crippen molar-refractivity contribution in [3.05, 3.63) is 57.6 Å². The lowest BCUT2D eigenvalue weighted by atomic mass is 10.0. The number of ether oxygens (including phenoxy) is 4. The summed E-state index contributed by atoms with van der Waals surface area (Å²) in [5.41, 5.74) is 1.45. The Bertz CT molecular complexity index is 1170. The fourth-order valence-corrected chi connectivity index (χ4v) is 4.58. The Morgan fingerprint density at radius 3 is 2.50 bits per heavy atom. The molecule has 1 aromatic heterocycles. The van der Waals surface area contributed by atoms with E-state index >= 15 is 0 Å². The number of hydrogen-bond donors (Lipinski definition) is 0. The molecule has 0 unspecified atom stereocenters. The molecule has 0 aliphatic carbocycles. The normalized spacial score (nSPS) is 16.4. The van der Waals surface area contributed by atoms with Gasteiger partial charge < -0.3 is 23.8 Å². The van der Waals surface area contributed by atoms with E-state index in [0.717, 1.165) is 5.56 Å². The summed E-state index contributed by atoms with van der Waals surface area (Å²) in [6.07, 6.45) is 0.290. The number of carbonyl (C=O) groups is 3. The maximum absolute atomic E-state index is 13.5. The van der Waals surface area contributed by atoms with Crippen molar-refractivity contribution in [2.45, 2.75) is 65.5 Å². The summed E-state index contributed by atoms with van der Waals surface area (Å²) < 4.78 is 35.8. The largest absolute Gasteiger partial charge is 0.466 e. The number of esters is 2. The van der Waals surface area contributed by atoms with Gasteiger partial charge in [-0.25, -0.2) is 14.2 Å². The molecule has 9 nitrogen and oxygen atoms in total. The van der Waals surface area contributed by atoms with Crippen LogP contribution in [0.4, 0.5) is 10.1 Å². The van der Waals surface area contributed by atoms with Gasteiger partial charge in [0, 0.05) is 17.1 Å². The van der Waals surface area contributed by atoms with Gasteiger partial charge in [-0.2, -0.15) is 0 Å². The zero-order valence-electron chi connectivity index (χ0n) is 22.1. The molecule has 38 heavy (non-hydrogen) atoms. The Morgan fingerprint density at radius 2 is 1.92 bits per heavy atom. The summed E-state index contributed by atoms with van der Waals surface area (Å²) in [6.45, 7) is 8.84. The molecule has 3 rings (SSSR count). The average Bonchev–Trinajstić information content (AvgIpc) is 3.18. The van der Waals surface area contributed by atoms with Crippen LogP contribution in [0.1, 0.15) is 62.7 Å². The van der Waals surface area contributed by atoms with Gasteiger partial charge in [-0.05, 0) is 73.8 Å². The molecule has 1 aromatic carbocycles. The van der Waals surface area contributed by atoms with Crippen molar-refractivity contribution >= 4 is 39.5 Å². The molecule has 0 spiro atoms. The molecule has 0 N–H and O–H groups in total. The fourth-order valence-electron chi connectivity index (χ4n) is 3.93. The zero-order valence-corrected chi connectivity index (χ0v) is 23.7.